The van der Waals surface area contributed by atoms with Crippen LogP contribution in [0.1, 0.15) is 436 Å². The van der Waals surface area contributed by atoms with E-state index < -0.39 is 0 Å². The van der Waals surface area contributed by atoms with Crippen LogP contribution >= 0.6 is 0 Å². The van der Waals surface area contributed by atoms with Crippen LogP contribution in [0.2, 0.25) is 0 Å². The van der Waals surface area contributed by atoms with Crippen molar-refractivity contribution in [3.8, 4) is 0 Å². The molecule has 6 heteroatoms. The first kappa shape index (κ1) is 91.5. The average Bonchev–Trinajstić information content (AvgIpc) is 1.36. The smallest absolute Gasteiger partial charge is 0.0636 e. The molecule has 0 aliphatic heterocycles. The molecule has 4 unspecified atom stereocenters. The molecular weight excluding hydrogens is 1390 g/mol. The van der Waals surface area contributed by atoms with E-state index in [0.29, 0.717) is 95.6 Å². The SMILES string of the molecule is C[C@H](CCC(C)(C)C)[C@H]1CC[C@@H]2C[C@@H]3CC[C@@H]4CCCC[C@]4(C)C3C[C@@]21C.C[C@H](CCC(C)(C)C)[C@H]1CC[C@@H]2C[C@@H]3CC[C@@H]4C[C@H](O)CC[C@]4(C)C3C[C@@]21C.C[C@H](CCC(C)(C)C)[C@H]1CC[C@@H]2C[C@H]3C(C[C@@]21C)[C@@]1(C)CC[C@@H](O)C[C@H]1C[C@H]3O.C[C@H](CCC(C)(C)C)[C@H]1CC[C@@H]2C[C@H]3C([C@H](O)[C@@]21C)[C@@]1(C)CC[C@@H](O)C[C@H]1C[C@H]3O. The molecule has 0 bridgehead atoms. The molecule has 114 heavy (non-hydrogen) atoms. The fourth-order valence-electron chi connectivity index (χ4n) is 35.5. The van der Waals surface area contributed by atoms with Crippen molar-refractivity contribution >= 4 is 0 Å². The summed E-state index contributed by atoms with van der Waals surface area (Å²) in [6, 6.07) is 0. The van der Waals surface area contributed by atoms with Gasteiger partial charge in [-0.05, 0) is 464 Å². The van der Waals surface area contributed by atoms with E-state index in [-0.39, 0.29) is 59.3 Å². The molecule has 16 fully saturated rings. The van der Waals surface area contributed by atoms with Crippen molar-refractivity contribution in [2.45, 2.75) is 472 Å². The third kappa shape index (κ3) is 17.9. The second kappa shape index (κ2) is 33.9. The van der Waals surface area contributed by atoms with Crippen LogP contribution in [0.3, 0.4) is 0 Å². The summed E-state index contributed by atoms with van der Waals surface area (Å²) in [5, 5.41) is 65.2. The fraction of sp³-hybridized carbons (Fsp3) is 1.00. The van der Waals surface area contributed by atoms with Gasteiger partial charge in [-0.2, -0.15) is 0 Å². The second-order valence-corrected chi connectivity index (χ2v) is 54.0. The topological polar surface area (TPSA) is 121 Å². The highest BCUT2D eigenvalue weighted by Crippen LogP contribution is 2.74. The molecule has 660 valence electrons. The first-order chi connectivity index (χ1) is 53.0. The summed E-state index contributed by atoms with van der Waals surface area (Å²) in [6.45, 7) is 59.6. The lowest BCUT2D eigenvalue weighted by Crippen LogP contribution is -2.64. The minimum absolute atomic E-state index is 0.0156. The average molecular weight is 1590 g/mol. The van der Waals surface area contributed by atoms with Crippen molar-refractivity contribution in [3.05, 3.63) is 0 Å². The summed E-state index contributed by atoms with van der Waals surface area (Å²) in [4.78, 5) is 0. The van der Waals surface area contributed by atoms with Crippen molar-refractivity contribution in [1.29, 1.82) is 0 Å². The summed E-state index contributed by atoms with van der Waals surface area (Å²) in [7, 11) is 0. The molecule has 0 aromatic carbocycles. The minimum Gasteiger partial charge on any atom is -0.393 e. The highest BCUT2D eigenvalue weighted by Gasteiger charge is 2.68. The molecule has 16 aliphatic rings. The van der Waals surface area contributed by atoms with E-state index in [1.54, 1.807) is 44.9 Å². The number of hydrogen-bond acceptors (Lipinski definition) is 6. The zero-order chi connectivity index (χ0) is 83.0. The summed E-state index contributed by atoms with van der Waals surface area (Å²) in [5.41, 5.74) is 5.02. The Morgan fingerprint density at radius 3 is 1.05 bits per heavy atom. The van der Waals surface area contributed by atoms with Crippen LogP contribution in [0.15, 0.2) is 0 Å². The first-order valence-electron chi connectivity index (χ1n) is 51.1. The van der Waals surface area contributed by atoms with Crippen LogP contribution in [-0.2, 0) is 0 Å². The van der Waals surface area contributed by atoms with Gasteiger partial charge in [0.15, 0.2) is 0 Å². The summed E-state index contributed by atoms with van der Waals surface area (Å²) < 4.78 is 0. The molecule has 16 rings (SSSR count). The van der Waals surface area contributed by atoms with Gasteiger partial charge in [0.25, 0.3) is 0 Å². The fourth-order valence-corrected chi connectivity index (χ4v) is 35.5. The lowest BCUT2D eigenvalue weighted by atomic mass is 9.43. The zero-order valence-corrected chi connectivity index (χ0v) is 79.7. The number of aliphatic hydroxyl groups is 6. The third-order valence-electron chi connectivity index (χ3n) is 42.9. The third-order valence-corrected chi connectivity index (χ3v) is 42.9. The molecule has 0 saturated heterocycles. The van der Waals surface area contributed by atoms with Gasteiger partial charge in [-0.15, -0.1) is 0 Å². The van der Waals surface area contributed by atoms with Crippen LogP contribution in [0.5, 0.6) is 0 Å². The molecule has 0 radical (unpaired) electrons. The van der Waals surface area contributed by atoms with Gasteiger partial charge in [-0.3, -0.25) is 0 Å². The molecular formula is C108H192O6. The molecule has 16 saturated carbocycles. The lowest BCUT2D eigenvalue weighted by Gasteiger charge is -2.64. The Balaban J connectivity index is 0.000000133. The predicted molar refractivity (Wildman–Crippen MR) is 479 cm³/mol. The van der Waals surface area contributed by atoms with Crippen molar-refractivity contribution in [3.63, 3.8) is 0 Å². The Labute approximate surface area is 705 Å². The normalized spacial score (nSPS) is 50.5. The maximum atomic E-state index is 12.1. The molecule has 0 spiro atoms. The number of hydrogen-bond donors (Lipinski definition) is 6. The van der Waals surface area contributed by atoms with Crippen molar-refractivity contribution in [1.82, 2.24) is 0 Å². The van der Waals surface area contributed by atoms with E-state index >= 15 is 0 Å². The standard InChI is InChI=1S/C27H48O3.C27H48O2.C27H48O.C27H48/c1-16(9-11-25(2,3)4)21-8-7-17-14-20-22(29)15-18-13-19(28)10-12-26(18,5)23(20)24(30)27(17,21)6;1-17(9-11-25(2,3)4)22-8-7-18-14-21-23(16-27(18,22)6)26(5)12-10-20(28)13-19(26)15-24(21)29;1-18(11-13-25(2,3)4)23-10-9-20-15-19-7-8-21-16-22(28)12-14-26(21,5)24(19)17-27(20,23)6;1-19(14-16-25(2,3)4)23-13-12-22-17-20-10-11-21-9-7-8-15-26(21,5)24(20)18-27(22,23)6/h16-24,28-30H,7-15H2,1-6H3;17-24,28-29H,7-16H2,1-6H3;18-24,28H,7-17H2,1-6H3;19-24H,7-18H2,1-6H3/t16-,17-,18+,19-,20-,21-,22-,23?,24+,26+,27+;17-,18-,19+,20-,21+,22-,23?,24-,26+,27+;18-,19+,20-,21-,22-,23-,24?,26+,27+;19-,20+,21+,22-,23-,24?,26+,27+/m1111/s1. The summed E-state index contributed by atoms with van der Waals surface area (Å²) in [5.74, 6) is 18.3. The molecule has 0 amide bonds. The maximum Gasteiger partial charge on any atom is 0.0636 e. The predicted octanol–water partition coefficient (Wildman–Crippen LogP) is 27.8. The van der Waals surface area contributed by atoms with Crippen LogP contribution < -0.4 is 0 Å². The highest BCUT2D eigenvalue weighted by atomic mass is 16.3. The van der Waals surface area contributed by atoms with E-state index in [0.717, 1.165) is 159 Å². The number of fused-ring (bicyclic) bond motifs is 16. The lowest BCUT2D eigenvalue weighted by molar-refractivity contribution is -0.222. The largest absolute Gasteiger partial charge is 0.393 e. The molecule has 0 aromatic heterocycles. The van der Waals surface area contributed by atoms with Gasteiger partial charge < -0.3 is 30.6 Å². The number of aliphatic hydroxyl groups excluding tert-OH is 6. The summed E-state index contributed by atoms with van der Waals surface area (Å²) >= 11 is 0. The minimum atomic E-state index is -0.330. The Morgan fingerprint density at radius 2 is 0.605 bits per heavy atom. The second-order valence-electron chi connectivity index (χ2n) is 54.0. The first-order valence-corrected chi connectivity index (χ1v) is 51.1. The molecule has 38 atom stereocenters. The van der Waals surface area contributed by atoms with Gasteiger partial charge in [-0.1, -0.05) is 179 Å². The molecule has 0 aromatic rings. The van der Waals surface area contributed by atoms with E-state index in [1.807, 2.05) is 0 Å². The Kier molecular flexibility index (Phi) is 27.2. The van der Waals surface area contributed by atoms with E-state index in [1.165, 1.54) is 154 Å². The maximum absolute atomic E-state index is 12.1. The van der Waals surface area contributed by atoms with Crippen LogP contribution in [0, 0.1) is 207 Å². The molecule has 16 aliphatic carbocycles. The van der Waals surface area contributed by atoms with Crippen LogP contribution in [0.25, 0.3) is 0 Å². The van der Waals surface area contributed by atoms with Gasteiger partial charge in [0.05, 0.1) is 36.6 Å². The van der Waals surface area contributed by atoms with Gasteiger partial charge in [-0.25, -0.2) is 0 Å². The van der Waals surface area contributed by atoms with Gasteiger partial charge >= 0.3 is 0 Å². The van der Waals surface area contributed by atoms with E-state index in [4.69, 9.17) is 0 Å². The van der Waals surface area contributed by atoms with Crippen molar-refractivity contribution in [2.75, 3.05) is 0 Å². The van der Waals surface area contributed by atoms with E-state index in [9.17, 15) is 30.6 Å². The van der Waals surface area contributed by atoms with Crippen LogP contribution in [-0.4, -0.2) is 67.3 Å². The van der Waals surface area contributed by atoms with Gasteiger partial charge in [0.1, 0.15) is 0 Å². The van der Waals surface area contributed by atoms with Crippen molar-refractivity contribution in [2.24, 2.45) is 207 Å². The molecule has 6 N–H and O–H groups in total. The summed E-state index contributed by atoms with van der Waals surface area (Å²) in [6.07, 6.45) is 53.8. The monoisotopic (exact) mass is 1590 g/mol. The quantitative estimate of drug-likeness (QED) is 0.116. The van der Waals surface area contributed by atoms with E-state index in [2.05, 4.69) is 166 Å². The Bertz CT molecular complexity index is 3130. The van der Waals surface area contributed by atoms with Gasteiger partial charge in [0, 0.05) is 0 Å². The highest BCUT2D eigenvalue weighted by molar-refractivity contribution is 5.17. The molecule has 0 heterocycles. The Morgan fingerprint density at radius 1 is 0.281 bits per heavy atom. The number of rotatable bonds is 12. The Hall–Kier alpha value is -0.240. The van der Waals surface area contributed by atoms with Crippen molar-refractivity contribution < 1.29 is 30.6 Å². The zero-order valence-electron chi connectivity index (χ0n) is 79.7. The molecule has 6 nitrogen and oxygen atoms in total. The van der Waals surface area contributed by atoms with Gasteiger partial charge in [0.2, 0.25) is 0 Å². The van der Waals surface area contributed by atoms with Crippen LogP contribution in [0.4, 0.5) is 0 Å².